The van der Waals surface area contributed by atoms with Crippen LogP contribution in [0, 0.1) is 0 Å². The van der Waals surface area contributed by atoms with Gasteiger partial charge in [-0.15, -0.1) is 0 Å². The summed E-state index contributed by atoms with van der Waals surface area (Å²) in [4.78, 5) is 0. The fourth-order valence-corrected chi connectivity index (χ4v) is 1.56. The largest absolute Gasteiger partial charge is 0.497 e. The summed E-state index contributed by atoms with van der Waals surface area (Å²) in [5, 5.41) is 11.4. The van der Waals surface area contributed by atoms with E-state index in [-0.39, 0.29) is 0 Å². The van der Waals surface area contributed by atoms with Crippen LogP contribution >= 0.6 is 0 Å². The highest BCUT2D eigenvalue weighted by molar-refractivity contribution is 5.39. The lowest BCUT2D eigenvalue weighted by Crippen LogP contribution is -2.33. The molecule has 0 aromatic heterocycles. The first-order chi connectivity index (χ1) is 8.89. The van der Waals surface area contributed by atoms with Gasteiger partial charge in [0.1, 0.15) is 11.5 Å². The van der Waals surface area contributed by atoms with Crippen LogP contribution in [0.15, 0.2) is 18.2 Å². The minimum absolute atomic E-state index is 0.446. The Kier molecular flexibility index (Phi) is 5.44. The second-order valence-corrected chi connectivity index (χ2v) is 3.88. The first-order valence-corrected chi connectivity index (χ1v) is 5.53. The van der Waals surface area contributed by atoms with Gasteiger partial charge in [-0.05, 0) is 17.7 Å². The third kappa shape index (κ3) is 4.96. The van der Waals surface area contributed by atoms with E-state index in [2.05, 4.69) is 5.32 Å². The number of hydrogen-bond acceptors (Lipinski definition) is 4. The van der Waals surface area contributed by atoms with E-state index in [1.807, 2.05) is 0 Å². The zero-order valence-corrected chi connectivity index (χ0v) is 10.6. The molecule has 0 aliphatic heterocycles. The third-order valence-electron chi connectivity index (χ3n) is 2.51. The molecule has 0 saturated carbocycles. The molecule has 0 aliphatic carbocycles. The predicted octanol–water partition coefficient (Wildman–Crippen LogP) is 1.89. The lowest BCUT2D eigenvalue weighted by atomic mass is 10.1. The topological polar surface area (TPSA) is 50.7 Å². The molecular weight excluding hydrogens is 263 g/mol. The molecule has 0 radical (unpaired) electrons. The van der Waals surface area contributed by atoms with E-state index in [1.54, 1.807) is 18.2 Å². The number of aliphatic hydroxyl groups is 1. The minimum Gasteiger partial charge on any atom is -0.497 e. The number of benzene rings is 1. The highest BCUT2D eigenvalue weighted by atomic mass is 19.4. The van der Waals surface area contributed by atoms with Gasteiger partial charge in [0.25, 0.3) is 0 Å². The van der Waals surface area contributed by atoms with Crippen LogP contribution < -0.4 is 14.8 Å². The summed E-state index contributed by atoms with van der Waals surface area (Å²) in [6, 6.07) is 3.85. The van der Waals surface area contributed by atoms with Gasteiger partial charge in [0.05, 0.1) is 33.4 Å². The van der Waals surface area contributed by atoms with Crippen molar-refractivity contribution in [2.24, 2.45) is 0 Å². The molecule has 0 bridgehead atoms. The van der Waals surface area contributed by atoms with Gasteiger partial charge in [-0.3, -0.25) is 5.32 Å². The van der Waals surface area contributed by atoms with E-state index in [1.165, 1.54) is 14.2 Å². The van der Waals surface area contributed by atoms with E-state index < -0.39 is 25.4 Å². The van der Waals surface area contributed by atoms with Crippen molar-refractivity contribution in [3.8, 4) is 11.5 Å². The lowest BCUT2D eigenvalue weighted by molar-refractivity contribution is -0.126. The standard InChI is InChI=1S/C12H16F3NO3/c1-18-9-3-8(4-10(5-9)19-2)11(6-17)16-7-12(13,14)15/h3-5,11,16-17H,6-7H2,1-2H3. The van der Waals surface area contributed by atoms with E-state index in [9.17, 15) is 18.3 Å². The van der Waals surface area contributed by atoms with E-state index >= 15 is 0 Å². The first-order valence-electron chi connectivity index (χ1n) is 5.53. The van der Waals surface area contributed by atoms with Crippen molar-refractivity contribution in [3.63, 3.8) is 0 Å². The Bertz CT molecular complexity index is 387. The first kappa shape index (κ1) is 15.6. The van der Waals surface area contributed by atoms with Crippen molar-refractivity contribution in [2.75, 3.05) is 27.4 Å². The monoisotopic (exact) mass is 279 g/mol. The molecule has 2 N–H and O–H groups in total. The zero-order chi connectivity index (χ0) is 14.5. The van der Waals surface area contributed by atoms with Gasteiger partial charge in [-0.2, -0.15) is 13.2 Å². The minimum atomic E-state index is -4.34. The molecule has 1 unspecified atom stereocenters. The molecule has 4 nitrogen and oxygen atoms in total. The predicted molar refractivity (Wildman–Crippen MR) is 63.4 cm³/mol. The molecule has 1 aromatic carbocycles. The van der Waals surface area contributed by atoms with Crippen LogP contribution in [0.4, 0.5) is 13.2 Å². The van der Waals surface area contributed by atoms with Crippen molar-refractivity contribution in [1.82, 2.24) is 5.32 Å². The number of rotatable bonds is 6. The molecule has 1 atom stereocenters. The van der Waals surface area contributed by atoms with Crippen molar-refractivity contribution >= 4 is 0 Å². The van der Waals surface area contributed by atoms with Crippen molar-refractivity contribution < 1.29 is 27.8 Å². The summed E-state index contributed by atoms with van der Waals surface area (Å²) in [7, 11) is 2.88. The van der Waals surface area contributed by atoms with Crippen LogP contribution in [-0.4, -0.2) is 38.7 Å². The number of alkyl halides is 3. The van der Waals surface area contributed by atoms with Gasteiger partial charge >= 0.3 is 6.18 Å². The molecule has 0 aliphatic rings. The Labute approximate surface area is 109 Å². The number of aliphatic hydroxyl groups excluding tert-OH is 1. The highest BCUT2D eigenvalue weighted by Gasteiger charge is 2.28. The van der Waals surface area contributed by atoms with Crippen LogP contribution in [-0.2, 0) is 0 Å². The maximum Gasteiger partial charge on any atom is 0.401 e. The van der Waals surface area contributed by atoms with Crippen LogP contribution in [0.2, 0.25) is 0 Å². The number of halogens is 3. The molecule has 108 valence electrons. The Morgan fingerprint density at radius 3 is 2.05 bits per heavy atom. The normalized spacial score (nSPS) is 13.2. The molecular formula is C12H16F3NO3. The Morgan fingerprint density at radius 1 is 1.16 bits per heavy atom. The average molecular weight is 279 g/mol. The zero-order valence-electron chi connectivity index (χ0n) is 10.6. The van der Waals surface area contributed by atoms with Crippen LogP contribution in [0.25, 0.3) is 0 Å². The average Bonchev–Trinajstić information content (AvgIpc) is 2.37. The maximum atomic E-state index is 12.2. The number of methoxy groups -OCH3 is 2. The van der Waals surface area contributed by atoms with Gasteiger partial charge in [0, 0.05) is 6.07 Å². The fourth-order valence-electron chi connectivity index (χ4n) is 1.56. The molecule has 0 fully saturated rings. The number of hydrogen-bond donors (Lipinski definition) is 2. The van der Waals surface area contributed by atoms with E-state index in [4.69, 9.17) is 9.47 Å². The molecule has 0 heterocycles. The molecule has 0 saturated heterocycles. The molecule has 1 aromatic rings. The Hall–Kier alpha value is -1.47. The van der Waals surface area contributed by atoms with E-state index in [0.717, 1.165) is 0 Å². The third-order valence-corrected chi connectivity index (χ3v) is 2.51. The summed E-state index contributed by atoms with van der Waals surface area (Å²) in [5.74, 6) is 0.892. The second kappa shape index (κ2) is 6.63. The highest BCUT2D eigenvalue weighted by Crippen LogP contribution is 2.27. The van der Waals surface area contributed by atoms with Crippen molar-refractivity contribution in [2.45, 2.75) is 12.2 Å². The Balaban J connectivity index is 2.90. The number of nitrogens with one attached hydrogen (secondary N) is 1. The maximum absolute atomic E-state index is 12.2. The molecule has 1 rings (SSSR count). The van der Waals surface area contributed by atoms with Crippen LogP contribution in [0.3, 0.4) is 0 Å². The fraction of sp³-hybridized carbons (Fsp3) is 0.500. The summed E-state index contributed by atoms with van der Waals surface area (Å²) >= 11 is 0. The van der Waals surface area contributed by atoms with Gasteiger partial charge in [0.15, 0.2) is 0 Å². The molecule has 19 heavy (non-hydrogen) atoms. The smallest absolute Gasteiger partial charge is 0.401 e. The van der Waals surface area contributed by atoms with Gasteiger partial charge in [0.2, 0.25) is 0 Å². The molecule has 0 spiro atoms. The van der Waals surface area contributed by atoms with Gasteiger partial charge in [-0.25, -0.2) is 0 Å². The van der Waals surface area contributed by atoms with E-state index in [0.29, 0.717) is 17.1 Å². The van der Waals surface area contributed by atoms with Gasteiger partial charge < -0.3 is 14.6 Å². The van der Waals surface area contributed by atoms with Crippen LogP contribution in [0.5, 0.6) is 11.5 Å². The number of ether oxygens (including phenoxy) is 2. The van der Waals surface area contributed by atoms with Crippen molar-refractivity contribution in [1.29, 1.82) is 0 Å². The lowest BCUT2D eigenvalue weighted by Gasteiger charge is -2.19. The summed E-state index contributed by atoms with van der Waals surface area (Å²) < 4.78 is 46.5. The SMILES string of the molecule is COc1cc(OC)cc(C(CO)NCC(F)(F)F)c1. The molecule has 7 heteroatoms. The summed E-state index contributed by atoms with van der Waals surface area (Å²) in [5.41, 5.74) is 0.461. The molecule has 0 amide bonds. The Morgan fingerprint density at radius 2 is 1.68 bits per heavy atom. The second-order valence-electron chi connectivity index (χ2n) is 3.88. The van der Waals surface area contributed by atoms with Crippen LogP contribution in [0.1, 0.15) is 11.6 Å². The quantitative estimate of drug-likeness (QED) is 0.835. The van der Waals surface area contributed by atoms with Gasteiger partial charge in [-0.1, -0.05) is 0 Å². The summed E-state index contributed by atoms with van der Waals surface area (Å²) in [6.07, 6.45) is -4.34. The summed E-state index contributed by atoms with van der Waals surface area (Å²) in [6.45, 7) is -1.65. The van der Waals surface area contributed by atoms with Crippen molar-refractivity contribution in [3.05, 3.63) is 23.8 Å².